The van der Waals surface area contributed by atoms with Gasteiger partial charge >= 0.3 is 0 Å². The van der Waals surface area contributed by atoms with Crippen LogP contribution in [0.5, 0.6) is 0 Å². The Bertz CT molecular complexity index is 454. The van der Waals surface area contributed by atoms with Gasteiger partial charge in [0.25, 0.3) is 0 Å². The summed E-state index contributed by atoms with van der Waals surface area (Å²) in [5, 5.41) is 2.88. The highest BCUT2D eigenvalue weighted by Gasteiger charge is 2.15. The first-order valence-corrected chi connectivity index (χ1v) is 7.39. The minimum absolute atomic E-state index is 0.0230. The zero-order valence-corrected chi connectivity index (χ0v) is 12.2. The summed E-state index contributed by atoms with van der Waals surface area (Å²) >= 11 is 0. The van der Waals surface area contributed by atoms with Gasteiger partial charge in [-0.2, -0.15) is 0 Å². The molecule has 4 nitrogen and oxygen atoms in total. The number of anilines is 2. The average Bonchev–Trinajstić information content (AvgIpc) is 2.93. The molecule has 1 aromatic carbocycles. The molecular weight excluding hydrogens is 252 g/mol. The van der Waals surface area contributed by atoms with Crippen LogP contribution in [0.4, 0.5) is 11.4 Å². The third-order valence-electron chi connectivity index (χ3n) is 3.95. The van der Waals surface area contributed by atoms with E-state index in [0.29, 0.717) is 24.6 Å². The van der Waals surface area contributed by atoms with Crippen molar-refractivity contribution in [3.63, 3.8) is 0 Å². The Hall–Kier alpha value is -1.55. The van der Waals surface area contributed by atoms with Gasteiger partial charge in [0.05, 0.1) is 13.0 Å². The van der Waals surface area contributed by atoms with Gasteiger partial charge in [-0.25, -0.2) is 0 Å². The van der Waals surface area contributed by atoms with Crippen molar-refractivity contribution in [2.24, 2.45) is 5.92 Å². The van der Waals surface area contributed by atoms with E-state index in [1.165, 1.54) is 25.7 Å². The molecule has 0 saturated heterocycles. The van der Waals surface area contributed by atoms with Crippen molar-refractivity contribution in [1.29, 1.82) is 0 Å². The predicted molar refractivity (Wildman–Crippen MR) is 81.6 cm³/mol. The molecule has 0 atom stereocenters. The first-order chi connectivity index (χ1) is 9.66. The first kappa shape index (κ1) is 14.9. The lowest BCUT2D eigenvalue weighted by Crippen LogP contribution is -2.16. The van der Waals surface area contributed by atoms with Crippen LogP contribution in [0.25, 0.3) is 0 Å². The van der Waals surface area contributed by atoms with Gasteiger partial charge in [0.2, 0.25) is 5.91 Å². The maximum absolute atomic E-state index is 11.8. The summed E-state index contributed by atoms with van der Waals surface area (Å²) in [6.07, 6.45) is 5.58. The summed E-state index contributed by atoms with van der Waals surface area (Å²) in [6.45, 7) is 3.19. The molecule has 0 aliphatic heterocycles. The van der Waals surface area contributed by atoms with Gasteiger partial charge in [0, 0.05) is 18.0 Å². The normalized spacial score (nSPS) is 15.4. The van der Waals surface area contributed by atoms with Crippen molar-refractivity contribution in [1.82, 2.24) is 0 Å². The molecule has 1 saturated carbocycles. The highest BCUT2D eigenvalue weighted by Crippen LogP contribution is 2.24. The Kier molecular flexibility index (Phi) is 5.41. The zero-order valence-electron chi connectivity index (χ0n) is 12.2. The molecule has 110 valence electrons. The van der Waals surface area contributed by atoms with Gasteiger partial charge in [0.1, 0.15) is 0 Å². The van der Waals surface area contributed by atoms with E-state index in [2.05, 4.69) is 5.32 Å². The molecule has 0 unspecified atom stereocenters. The van der Waals surface area contributed by atoms with E-state index in [1.807, 2.05) is 25.1 Å². The summed E-state index contributed by atoms with van der Waals surface area (Å²) in [4.78, 5) is 11.8. The van der Waals surface area contributed by atoms with E-state index < -0.39 is 0 Å². The molecule has 1 aliphatic rings. The molecule has 20 heavy (non-hydrogen) atoms. The smallest absolute Gasteiger partial charge is 0.226 e. The number of carbonyl (C=O) groups is 1. The van der Waals surface area contributed by atoms with E-state index in [9.17, 15) is 4.79 Å². The van der Waals surface area contributed by atoms with Crippen LogP contribution in [0.15, 0.2) is 18.2 Å². The zero-order chi connectivity index (χ0) is 14.4. The topological polar surface area (TPSA) is 64.3 Å². The van der Waals surface area contributed by atoms with Gasteiger partial charge < -0.3 is 15.8 Å². The SMILES string of the molecule is Cc1c(N)cccc1NC(=O)CCOCC1CCCC1. The lowest BCUT2D eigenvalue weighted by Gasteiger charge is -2.11. The van der Waals surface area contributed by atoms with Crippen molar-refractivity contribution in [3.05, 3.63) is 23.8 Å². The molecule has 1 fully saturated rings. The number of carbonyl (C=O) groups excluding carboxylic acids is 1. The van der Waals surface area contributed by atoms with Crippen LogP contribution in [0.2, 0.25) is 0 Å². The lowest BCUT2D eigenvalue weighted by atomic mass is 10.1. The Morgan fingerprint density at radius 2 is 2.15 bits per heavy atom. The standard InChI is InChI=1S/C16H24N2O2/c1-12-14(17)7-4-8-15(12)18-16(19)9-10-20-11-13-5-2-3-6-13/h4,7-8,13H,2-3,5-6,9-11,17H2,1H3,(H,18,19). The second-order valence-electron chi connectivity index (χ2n) is 5.54. The molecule has 0 radical (unpaired) electrons. The summed E-state index contributed by atoms with van der Waals surface area (Å²) in [7, 11) is 0. The van der Waals surface area contributed by atoms with Crippen LogP contribution in [0.3, 0.4) is 0 Å². The second-order valence-corrected chi connectivity index (χ2v) is 5.54. The van der Waals surface area contributed by atoms with Crippen molar-refractivity contribution < 1.29 is 9.53 Å². The monoisotopic (exact) mass is 276 g/mol. The number of rotatable bonds is 6. The minimum atomic E-state index is -0.0230. The highest BCUT2D eigenvalue weighted by molar-refractivity contribution is 5.92. The number of ether oxygens (including phenoxy) is 1. The molecule has 4 heteroatoms. The van der Waals surface area contributed by atoms with E-state index in [0.717, 1.165) is 17.9 Å². The maximum Gasteiger partial charge on any atom is 0.226 e. The lowest BCUT2D eigenvalue weighted by molar-refractivity contribution is -0.117. The fourth-order valence-corrected chi connectivity index (χ4v) is 2.59. The maximum atomic E-state index is 11.8. The fourth-order valence-electron chi connectivity index (χ4n) is 2.59. The molecule has 1 aliphatic carbocycles. The Morgan fingerprint density at radius 1 is 1.40 bits per heavy atom. The quantitative estimate of drug-likeness (QED) is 0.620. The minimum Gasteiger partial charge on any atom is -0.398 e. The summed E-state index contributed by atoms with van der Waals surface area (Å²) in [5.74, 6) is 0.680. The van der Waals surface area contributed by atoms with Crippen molar-refractivity contribution in [3.8, 4) is 0 Å². The van der Waals surface area contributed by atoms with Crippen molar-refractivity contribution in [2.45, 2.75) is 39.0 Å². The van der Waals surface area contributed by atoms with Gasteiger partial charge in [0.15, 0.2) is 0 Å². The van der Waals surface area contributed by atoms with Crippen LogP contribution in [0, 0.1) is 12.8 Å². The largest absolute Gasteiger partial charge is 0.398 e. The number of nitrogen functional groups attached to an aromatic ring is 1. The number of nitrogens with two attached hydrogens (primary N) is 1. The third-order valence-corrected chi connectivity index (χ3v) is 3.95. The molecule has 0 spiro atoms. The third kappa shape index (κ3) is 4.23. The van der Waals surface area contributed by atoms with Crippen LogP contribution in [-0.4, -0.2) is 19.1 Å². The fraction of sp³-hybridized carbons (Fsp3) is 0.562. The predicted octanol–water partition coefficient (Wildman–Crippen LogP) is 3.11. The van der Waals surface area contributed by atoms with E-state index in [-0.39, 0.29) is 5.91 Å². The van der Waals surface area contributed by atoms with E-state index in [4.69, 9.17) is 10.5 Å². The number of benzene rings is 1. The number of hydrogen-bond donors (Lipinski definition) is 2. The highest BCUT2D eigenvalue weighted by atomic mass is 16.5. The van der Waals surface area contributed by atoms with E-state index in [1.54, 1.807) is 0 Å². The number of nitrogens with one attached hydrogen (secondary N) is 1. The molecule has 0 aromatic heterocycles. The molecule has 3 N–H and O–H groups in total. The van der Waals surface area contributed by atoms with Crippen molar-refractivity contribution >= 4 is 17.3 Å². The summed E-state index contributed by atoms with van der Waals surface area (Å²) in [6, 6.07) is 5.53. The van der Waals surface area contributed by atoms with Gasteiger partial charge in [-0.05, 0) is 43.4 Å². The van der Waals surface area contributed by atoms with Gasteiger partial charge in [-0.1, -0.05) is 18.9 Å². The molecular formula is C16H24N2O2. The average molecular weight is 276 g/mol. The Balaban J connectivity index is 1.68. The molecule has 0 heterocycles. The molecule has 1 amide bonds. The second kappa shape index (κ2) is 7.29. The Labute approximate surface area is 120 Å². The van der Waals surface area contributed by atoms with Crippen LogP contribution in [-0.2, 0) is 9.53 Å². The molecule has 0 bridgehead atoms. The van der Waals surface area contributed by atoms with Gasteiger partial charge in [-0.3, -0.25) is 4.79 Å². The molecule has 2 rings (SSSR count). The van der Waals surface area contributed by atoms with E-state index >= 15 is 0 Å². The first-order valence-electron chi connectivity index (χ1n) is 7.39. The van der Waals surface area contributed by atoms with Crippen LogP contribution < -0.4 is 11.1 Å². The van der Waals surface area contributed by atoms with Crippen molar-refractivity contribution in [2.75, 3.05) is 24.3 Å². The number of amides is 1. The summed E-state index contributed by atoms with van der Waals surface area (Å²) in [5.41, 5.74) is 8.20. The summed E-state index contributed by atoms with van der Waals surface area (Å²) < 4.78 is 5.59. The van der Waals surface area contributed by atoms with Gasteiger partial charge in [-0.15, -0.1) is 0 Å². The molecule has 1 aromatic rings. The Morgan fingerprint density at radius 3 is 2.90 bits per heavy atom. The van der Waals surface area contributed by atoms with Crippen LogP contribution in [0.1, 0.15) is 37.7 Å². The number of hydrogen-bond acceptors (Lipinski definition) is 3. The van der Waals surface area contributed by atoms with Crippen LogP contribution >= 0.6 is 0 Å².